The van der Waals surface area contributed by atoms with E-state index >= 15 is 0 Å². The fraction of sp³-hybridized carbons (Fsp3) is 0.448. The number of aryl methyl sites for hydroxylation is 1. The number of nitriles is 1. The van der Waals surface area contributed by atoms with E-state index in [4.69, 9.17) is 0 Å². The highest BCUT2D eigenvalue weighted by atomic mass is 19.4. The Bertz CT molecular complexity index is 1420. The summed E-state index contributed by atoms with van der Waals surface area (Å²) < 4.78 is 55.4. The number of hydrogen-bond acceptors (Lipinski definition) is 8. The molecule has 0 radical (unpaired) electrons. The van der Waals surface area contributed by atoms with Crippen molar-refractivity contribution in [1.29, 1.82) is 5.26 Å². The first-order chi connectivity index (χ1) is 20.3. The highest BCUT2D eigenvalue weighted by molar-refractivity contribution is 6.01. The third-order valence-corrected chi connectivity index (χ3v) is 7.59. The summed E-state index contributed by atoms with van der Waals surface area (Å²) in [6.07, 6.45) is -4.38. The summed E-state index contributed by atoms with van der Waals surface area (Å²) in [5.41, 5.74) is -1.14. The van der Waals surface area contributed by atoms with Crippen molar-refractivity contribution in [2.75, 3.05) is 68.0 Å². The van der Waals surface area contributed by atoms with Gasteiger partial charge in [0.25, 0.3) is 0 Å². The number of hydrogen-bond donors (Lipinski definition) is 2. The van der Waals surface area contributed by atoms with Crippen LogP contribution in [0.1, 0.15) is 23.2 Å². The first-order valence-electron chi connectivity index (χ1n) is 13.7. The number of halogens is 4. The number of rotatable bonds is 7. The van der Waals surface area contributed by atoms with Gasteiger partial charge in [-0.05, 0) is 43.7 Å². The summed E-state index contributed by atoms with van der Waals surface area (Å²) in [4.78, 5) is 36.2. The molecule has 2 aliphatic rings. The van der Waals surface area contributed by atoms with E-state index in [9.17, 15) is 37.5 Å². The van der Waals surface area contributed by atoms with Gasteiger partial charge >= 0.3 is 6.18 Å². The van der Waals surface area contributed by atoms with Crippen LogP contribution in [0.5, 0.6) is 0 Å². The fourth-order valence-corrected chi connectivity index (χ4v) is 5.41. The van der Waals surface area contributed by atoms with Crippen LogP contribution in [0, 0.1) is 24.1 Å². The van der Waals surface area contributed by atoms with Gasteiger partial charge in [-0.15, -0.1) is 0 Å². The maximum absolute atomic E-state index is 14.4. The number of piperazine rings is 1. The van der Waals surface area contributed by atoms with Crippen LogP contribution in [0.2, 0.25) is 0 Å². The average Bonchev–Trinajstić information content (AvgIpc) is 2.96. The number of aliphatic hydroxyl groups is 1. The molecule has 0 unspecified atom stereocenters. The summed E-state index contributed by atoms with van der Waals surface area (Å²) in [5.74, 6) is -1.57. The fourth-order valence-electron chi connectivity index (χ4n) is 5.41. The zero-order valence-electron chi connectivity index (χ0n) is 23.9. The number of aliphatic hydroxyl groups excluding tert-OH is 1. The Morgan fingerprint density at radius 2 is 1.91 bits per heavy atom. The summed E-state index contributed by atoms with van der Waals surface area (Å²) in [6, 6.07) is 5.14. The van der Waals surface area contributed by atoms with Crippen LogP contribution < -0.4 is 15.1 Å². The van der Waals surface area contributed by atoms with E-state index in [1.807, 2.05) is 4.90 Å². The number of β-amino-alcohol motifs (C(OH)–C–C–N with tert-alkyl or cyclic N) is 1. The van der Waals surface area contributed by atoms with Crippen LogP contribution in [0.3, 0.4) is 0 Å². The van der Waals surface area contributed by atoms with Gasteiger partial charge in [0.1, 0.15) is 29.3 Å². The molecule has 1 saturated heterocycles. The highest BCUT2D eigenvalue weighted by Gasteiger charge is 2.37. The number of aromatic nitrogens is 1. The lowest BCUT2D eigenvalue weighted by Crippen LogP contribution is -2.52. The Labute approximate surface area is 246 Å². The Morgan fingerprint density at radius 1 is 1.21 bits per heavy atom. The topological polar surface area (TPSA) is 116 Å². The average molecular weight is 604 g/mol. The second-order valence-electron chi connectivity index (χ2n) is 10.6. The molecule has 0 aliphatic carbocycles. The zero-order valence-corrected chi connectivity index (χ0v) is 23.9. The molecule has 0 bridgehead atoms. The molecule has 3 heterocycles. The molecule has 2 N–H and O–H groups in total. The van der Waals surface area contributed by atoms with Gasteiger partial charge < -0.3 is 25.1 Å². The molecule has 2 atom stereocenters. The van der Waals surface area contributed by atoms with Gasteiger partial charge in [-0.3, -0.25) is 14.5 Å². The normalized spacial score (nSPS) is 18.8. The molecule has 230 valence electrons. The maximum Gasteiger partial charge on any atom is 0.417 e. The summed E-state index contributed by atoms with van der Waals surface area (Å²) in [5, 5.41) is 23.4. The van der Waals surface area contributed by atoms with Gasteiger partial charge in [-0.2, -0.15) is 18.4 Å². The molecule has 4 rings (SSSR count). The van der Waals surface area contributed by atoms with Crippen molar-refractivity contribution < 1.29 is 32.3 Å². The predicted octanol–water partition coefficient (Wildman–Crippen LogP) is 2.76. The van der Waals surface area contributed by atoms with Crippen LogP contribution >= 0.6 is 0 Å². The number of benzene rings is 1. The van der Waals surface area contributed by atoms with E-state index in [0.717, 1.165) is 6.07 Å². The van der Waals surface area contributed by atoms with Gasteiger partial charge in [0, 0.05) is 58.6 Å². The van der Waals surface area contributed by atoms with Crippen molar-refractivity contribution >= 4 is 29.0 Å². The standard InChI is InChI=1S/C29H33F4N7O3/c1-4-26(42)39-11-9-38(10-12-39)16-20(41)17-40-8-7-23(28(43)37(3)24-6-5-19(30)14-25(24)40)36-27-21(15-34)22(29(31,32)33)13-18(2)35-27/h4-6,13-14,20,23,41H,1,7-12,16-17H2,2-3H3,(H,35,36)/t20-,23+/m1/s1. The number of carbonyl (C=O) groups excluding carboxylic acids is 2. The van der Waals surface area contributed by atoms with E-state index in [2.05, 4.69) is 16.9 Å². The van der Waals surface area contributed by atoms with Crippen molar-refractivity contribution in [3.63, 3.8) is 0 Å². The lowest BCUT2D eigenvalue weighted by atomic mass is 10.0. The lowest BCUT2D eigenvalue weighted by Gasteiger charge is -2.38. The van der Waals surface area contributed by atoms with Crippen molar-refractivity contribution in [2.45, 2.75) is 31.7 Å². The van der Waals surface area contributed by atoms with Gasteiger partial charge in [-0.25, -0.2) is 9.37 Å². The number of nitrogens with one attached hydrogen (secondary N) is 1. The number of nitrogens with zero attached hydrogens (tertiary/aromatic N) is 6. The summed E-state index contributed by atoms with van der Waals surface area (Å²) in [7, 11) is 1.47. The number of likely N-dealkylation sites (N-methyl/N-ethyl adjacent to an activating group) is 1. The Morgan fingerprint density at radius 3 is 2.53 bits per heavy atom. The van der Waals surface area contributed by atoms with Crippen molar-refractivity contribution in [2.24, 2.45) is 0 Å². The van der Waals surface area contributed by atoms with Crippen LogP contribution in [0.15, 0.2) is 36.9 Å². The Hall–Kier alpha value is -4.22. The molecule has 1 aromatic carbocycles. The van der Waals surface area contributed by atoms with E-state index in [-0.39, 0.29) is 43.5 Å². The minimum Gasteiger partial charge on any atom is -0.390 e. The van der Waals surface area contributed by atoms with Crippen molar-refractivity contribution in [3.05, 3.63) is 59.6 Å². The summed E-state index contributed by atoms with van der Waals surface area (Å²) >= 11 is 0. The largest absolute Gasteiger partial charge is 0.417 e. The molecule has 2 amide bonds. The first kappa shape index (κ1) is 31.7. The molecular formula is C29H33F4N7O3. The van der Waals surface area contributed by atoms with Gasteiger partial charge in [-0.1, -0.05) is 6.58 Å². The Balaban J connectivity index is 1.57. The maximum atomic E-state index is 14.4. The molecule has 2 aliphatic heterocycles. The number of anilines is 3. The van der Waals surface area contributed by atoms with Crippen LogP contribution in [0.4, 0.5) is 34.8 Å². The molecule has 2 aromatic rings. The minimum atomic E-state index is -4.80. The third kappa shape index (κ3) is 7.23. The monoisotopic (exact) mass is 603 g/mol. The number of carbonyl (C=O) groups is 2. The molecule has 1 fully saturated rings. The molecule has 0 spiro atoms. The molecule has 10 nitrogen and oxygen atoms in total. The molecule has 14 heteroatoms. The molecular weight excluding hydrogens is 570 g/mol. The van der Waals surface area contributed by atoms with Gasteiger partial charge in [0.2, 0.25) is 11.8 Å². The molecule has 1 aromatic heterocycles. The third-order valence-electron chi connectivity index (χ3n) is 7.59. The van der Waals surface area contributed by atoms with Crippen molar-refractivity contribution in [1.82, 2.24) is 14.8 Å². The second-order valence-corrected chi connectivity index (χ2v) is 10.6. The highest BCUT2D eigenvalue weighted by Crippen LogP contribution is 2.36. The smallest absolute Gasteiger partial charge is 0.390 e. The second kappa shape index (κ2) is 13.0. The van der Waals surface area contributed by atoms with E-state index in [1.165, 1.54) is 43.1 Å². The van der Waals surface area contributed by atoms with Crippen LogP contribution in [-0.2, 0) is 15.8 Å². The van der Waals surface area contributed by atoms with E-state index < -0.39 is 41.2 Å². The van der Waals surface area contributed by atoms with Crippen LogP contribution in [-0.4, -0.2) is 96.7 Å². The molecule has 43 heavy (non-hydrogen) atoms. The summed E-state index contributed by atoms with van der Waals surface area (Å²) in [6.45, 7) is 7.43. The lowest BCUT2D eigenvalue weighted by molar-refractivity contribution is -0.137. The number of fused-ring (bicyclic) bond motifs is 1. The van der Waals surface area contributed by atoms with Gasteiger partial charge in [0.15, 0.2) is 0 Å². The number of alkyl halides is 3. The van der Waals surface area contributed by atoms with E-state index in [0.29, 0.717) is 37.6 Å². The number of pyridine rings is 1. The number of amides is 2. The zero-order chi connectivity index (χ0) is 31.5. The minimum absolute atomic E-state index is 0.0146. The van der Waals surface area contributed by atoms with E-state index in [1.54, 1.807) is 15.9 Å². The first-order valence-corrected chi connectivity index (χ1v) is 13.7. The SMILES string of the molecule is C=CC(=O)N1CCN(C[C@@H](O)CN2CC[C@H](Nc3nc(C)cc(C(F)(F)F)c3C#N)C(=O)N(C)c3ccc(F)cc32)CC1. The molecule has 0 saturated carbocycles. The van der Waals surface area contributed by atoms with Crippen LogP contribution in [0.25, 0.3) is 0 Å². The van der Waals surface area contributed by atoms with Crippen molar-refractivity contribution in [3.8, 4) is 6.07 Å². The van der Waals surface area contributed by atoms with Gasteiger partial charge in [0.05, 0.1) is 23.0 Å². The Kier molecular flexibility index (Phi) is 9.56. The predicted molar refractivity (Wildman–Crippen MR) is 152 cm³/mol. The quantitative estimate of drug-likeness (QED) is 0.367.